The van der Waals surface area contributed by atoms with Crippen molar-refractivity contribution in [2.75, 3.05) is 40.0 Å². The van der Waals surface area contributed by atoms with Gasteiger partial charge in [-0.3, -0.25) is 9.69 Å². The zero-order chi connectivity index (χ0) is 19.8. The van der Waals surface area contributed by atoms with Crippen molar-refractivity contribution in [3.05, 3.63) is 65.5 Å². The van der Waals surface area contributed by atoms with E-state index in [2.05, 4.69) is 10.2 Å². The van der Waals surface area contributed by atoms with E-state index in [0.29, 0.717) is 31.7 Å². The quantitative estimate of drug-likeness (QED) is 0.758. The van der Waals surface area contributed by atoms with E-state index in [1.807, 2.05) is 24.3 Å². The van der Waals surface area contributed by atoms with Crippen LogP contribution in [0.15, 0.2) is 48.5 Å². The van der Waals surface area contributed by atoms with E-state index < -0.39 is 0 Å². The van der Waals surface area contributed by atoms with Gasteiger partial charge in [0, 0.05) is 26.1 Å². The Morgan fingerprint density at radius 1 is 1.18 bits per heavy atom. The van der Waals surface area contributed by atoms with Crippen molar-refractivity contribution in [2.45, 2.75) is 18.9 Å². The molecular weight excluding hydrogens is 359 g/mol. The lowest BCUT2D eigenvalue weighted by atomic mass is 10.0. The third-order valence-corrected chi connectivity index (χ3v) is 5.06. The number of hydrogen-bond donors (Lipinski definition) is 1. The van der Waals surface area contributed by atoms with E-state index in [-0.39, 0.29) is 24.2 Å². The van der Waals surface area contributed by atoms with E-state index >= 15 is 0 Å². The fourth-order valence-electron chi connectivity index (χ4n) is 3.42. The maximum atomic E-state index is 13.7. The van der Waals surface area contributed by atoms with Crippen molar-refractivity contribution < 1.29 is 18.7 Å². The van der Waals surface area contributed by atoms with Gasteiger partial charge in [-0.15, -0.1) is 0 Å². The Labute approximate surface area is 165 Å². The maximum absolute atomic E-state index is 13.7. The molecule has 6 heteroatoms. The fraction of sp³-hybridized carbons (Fsp3) is 0.409. The molecule has 1 amide bonds. The third-order valence-electron chi connectivity index (χ3n) is 5.06. The molecule has 0 radical (unpaired) electrons. The minimum atomic E-state index is -0.264. The normalized spacial score (nSPS) is 15.8. The van der Waals surface area contributed by atoms with Gasteiger partial charge in [-0.25, -0.2) is 4.39 Å². The molecule has 1 aliphatic rings. The zero-order valence-corrected chi connectivity index (χ0v) is 16.2. The second-order valence-electron chi connectivity index (χ2n) is 6.83. The summed E-state index contributed by atoms with van der Waals surface area (Å²) in [5.74, 6) is 0.466. The summed E-state index contributed by atoms with van der Waals surface area (Å²) in [5, 5.41) is 3.02. The van der Waals surface area contributed by atoms with Crippen molar-refractivity contribution in [1.29, 1.82) is 0 Å². The van der Waals surface area contributed by atoms with Gasteiger partial charge in [-0.1, -0.05) is 30.3 Å². The van der Waals surface area contributed by atoms with Crippen LogP contribution in [0.4, 0.5) is 4.39 Å². The minimum absolute atomic E-state index is 0.0622. The highest BCUT2D eigenvalue weighted by Crippen LogP contribution is 2.23. The molecule has 0 unspecified atom stereocenters. The largest absolute Gasteiger partial charge is 0.497 e. The number of morpholine rings is 1. The van der Waals surface area contributed by atoms with Crippen LogP contribution >= 0.6 is 0 Å². The predicted molar refractivity (Wildman–Crippen MR) is 106 cm³/mol. The molecule has 5 nitrogen and oxygen atoms in total. The Morgan fingerprint density at radius 2 is 1.89 bits per heavy atom. The summed E-state index contributed by atoms with van der Waals surface area (Å²) >= 11 is 0. The Morgan fingerprint density at radius 3 is 2.57 bits per heavy atom. The molecule has 28 heavy (non-hydrogen) atoms. The Bertz CT molecular complexity index is 761. The number of carbonyl (C=O) groups is 1. The molecule has 1 saturated heterocycles. The number of methoxy groups -OCH3 is 1. The molecule has 2 aromatic rings. The Hall–Kier alpha value is -2.44. The molecule has 150 valence electrons. The molecule has 0 saturated carbocycles. The summed E-state index contributed by atoms with van der Waals surface area (Å²) < 4.78 is 24.4. The van der Waals surface area contributed by atoms with Gasteiger partial charge in [0.15, 0.2) is 0 Å². The second-order valence-corrected chi connectivity index (χ2v) is 6.83. The molecule has 0 aromatic heterocycles. The monoisotopic (exact) mass is 386 g/mol. The van der Waals surface area contributed by atoms with Crippen LogP contribution in [0.5, 0.6) is 5.75 Å². The van der Waals surface area contributed by atoms with Crippen LogP contribution in [0.3, 0.4) is 0 Å². The van der Waals surface area contributed by atoms with Crippen LogP contribution in [0, 0.1) is 5.82 Å². The molecular formula is C22H27FN2O3. The Balaban J connectivity index is 1.60. The van der Waals surface area contributed by atoms with E-state index in [9.17, 15) is 9.18 Å². The van der Waals surface area contributed by atoms with Gasteiger partial charge < -0.3 is 14.8 Å². The van der Waals surface area contributed by atoms with Gasteiger partial charge in [0.2, 0.25) is 5.91 Å². The second kappa shape index (κ2) is 10.2. The van der Waals surface area contributed by atoms with Crippen molar-refractivity contribution in [2.24, 2.45) is 0 Å². The number of halogens is 1. The third kappa shape index (κ3) is 5.53. The summed E-state index contributed by atoms with van der Waals surface area (Å²) in [6, 6.07) is 14.6. The number of amides is 1. The van der Waals surface area contributed by atoms with Crippen molar-refractivity contribution in [3.63, 3.8) is 0 Å². The average molecular weight is 386 g/mol. The standard InChI is InChI=1S/C22H27FN2O3/c1-27-19-9-6-18(7-10-19)21(25-12-14-28-15-13-25)16-24-22(26)11-8-17-4-2-3-5-20(17)23/h2-7,9-10,21H,8,11-16H2,1H3,(H,24,26)/t21-/m0/s1. The number of ether oxygens (including phenoxy) is 2. The lowest BCUT2D eigenvalue weighted by Crippen LogP contribution is -2.43. The number of carbonyl (C=O) groups excluding carboxylic acids is 1. The van der Waals surface area contributed by atoms with Gasteiger partial charge in [0.1, 0.15) is 11.6 Å². The van der Waals surface area contributed by atoms with Gasteiger partial charge in [-0.05, 0) is 35.7 Å². The first-order chi connectivity index (χ1) is 13.7. The molecule has 2 aromatic carbocycles. The van der Waals surface area contributed by atoms with E-state index in [0.717, 1.165) is 24.4 Å². The maximum Gasteiger partial charge on any atom is 0.220 e. The molecule has 1 heterocycles. The van der Waals surface area contributed by atoms with E-state index in [1.54, 1.807) is 25.3 Å². The van der Waals surface area contributed by atoms with Crippen molar-refractivity contribution in [1.82, 2.24) is 10.2 Å². The molecule has 1 N–H and O–H groups in total. The van der Waals surface area contributed by atoms with Crippen LogP contribution in [0.1, 0.15) is 23.6 Å². The van der Waals surface area contributed by atoms with Gasteiger partial charge in [-0.2, -0.15) is 0 Å². The first-order valence-corrected chi connectivity index (χ1v) is 9.63. The Kier molecular flexibility index (Phi) is 7.39. The summed E-state index contributed by atoms with van der Waals surface area (Å²) in [6.07, 6.45) is 0.655. The van der Waals surface area contributed by atoms with Gasteiger partial charge >= 0.3 is 0 Å². The van der Waals surface area contributed by atoms with Gasteiger partial charge in [0.05, 0.1) is 26.4 Å². The van der Waals surface area contributed by atoms with Gasteiger partial charge in [0.25, 0.3) is 0 Å². The highest BCUT2D eigenvalue weighted by atomic mass is 19.1. The van der Waals surface area contributed by atoms with E-state index in [4.69, 9.17) is 9.47 Å². The molecule has 1 fully saturated rings. The number of nitrogens with one attached hydrogen (secondary N) is 1. The van der Waals surface area contributed by atoms with Crippen LogP contribution in [0.2, 0.25) is 0 Å². The van der Waals surface area contributed by atoms with Crippen molar-refractivity contribution in [3.8, 4) is 5.75 Å². The first-order valence-electron chi connectivity index (χ1n) is 9.63. The number of nitrogens with zero attached hydrogens (tertiary/aromatic N) is 1. The fourth-order valence-corrected chi connectivity index (χ4v) is 3.42. The van der Waals surface area contributed by atoms with Crippen LogP contribution in [-0.2, 0) is 16.0 Å². The summed E-state index contributed by atoms with van der Waals surface area (Å²) in [6.45, 7) is 3.52. The van der Waals surface area contributed by atoms with Crippen LogP contribution in [-0.4, -0.2) is 50.8 Å². The average Bonchev–Trinajstić information content (AvgIpc) is 2.74. The smallest absolute Gasteiger partial charge is 0.220 e. The topological polar surface area (TPSA) is 50.8 Å². The van der Waals surface area contributed by atoms with E-state index in [1.165, 1.54) is 6.07 Å². The first kappa shape index (κ1) is 20.3. The number of benzene rings is 2. The summed E-state index contributed by atoms with van der Waals surface area (Å²) in [4.78, 5) is 14.7. The highest BCUT2D eigenvalue weighted by molar-refractivity contribution is 5.76. The molecule has 0 aliphatic carbocycles. The molecule has 1 atom stereocenters. The molecule has 3 rings (SSSR count). The van der Waals surface area contributed by atoms with Crippen molar-refractivity contribution >= 4 is 5.91 Å². The summed E-state index contributed by atoms with van der Waals surface area (Å²) in [5.41, 5.74) is 1.69. The lowest BCUT2D eigenvalue weighted by Gasteiger charge is -2.35. The highest BCUT2D eigenvalue weighted by Gasteiger charge is 2.23. The predicted octanol–water partition coefficient (Wildman–Crippen LogP) is 2.96. The minimum Gasteiger partial charge on any atom is -0.497 e. The molecule has 0 spiro atoms. The molecule has 1 aliphatic heterocycles. The SMILES string of the molecule is COc1ccc([C@H](CNC(=O)CCc2ccccc2F)N2CCOCC2)cc1. The number of aryl methyl sites for hydroxylation is 1. The molecule has 0 bridgehead atoms. The number of rotatable bonds is 8. The number of hydrogen-bond acceptors (Lipinski definition) is 4. The summed E-state index contributed by atoms with van der Waals surface area (Å²) in [7, 11) is 1.64. The van der Waals surface area contributed by atoms with Crippen LogP contribution in [0.25, 0.3) is 0 Å². The zero-order valence-electron chi connectivity index (χ0n) is 16.2. The lowest BCUT2D eigenvalue weighted by molar-refractivity contribution is -0.121. The van der Waals surface area contributed by atoms with Crippen LogP contribution < -0.4 is 10.1 Å².